The van der Waals surface area contributed by atoms with Crippen LogP contribution in [0, 0.1) is 12.3 Å². The molecule has 0 saturated carbocycles. The van der Waals surface area contributed by atoms with Gasteiger partial charge >= 0.3 is 0 Å². The molecule has 0 spiro atoms. The summed E-state index contributed by atoms with van der Waals surface area (Å²) >= 11 is 0. The lowest BCUT2D eigenvalue weighted by Crippen LogP contribution is -2.33. The van der Waals surface area contributed by atoms with Crippen LogP contribution >= 0.6 is 0 Å². The van der Waals surface area contributed by atoms with Gasteiger partial charge in [0.2, 0.25) is 0 Å². The summed E-state index contributed by atoms with van der Waals surface area (Å²) in [6.07, 6.45) is 10.8. The van der Waals surface area contributed by atoms with E-state index in [-0.39, 0.29) is 12.5 Å². The number of amidine groups is 1. The van der Waals surface area contributed by atoms with Crippen LogP contribution in [0.1, 0.15) is 11.1 Å². The molecule has 0 fully saturated rings. The molecule has 2 aliphatic heterocycles. The van der Waals surface area contributed by atoms with Crippen LogP contribution in [-0.4, -0.2) is 30.5 Å². The Bertz CT molecular complexity index is 850. The molecular weight excluding hydrogens is 286 g/mol. The molecule has 1 amide bonds. The highest BCUT2D eigenvalue weighted by molar-refractivity contribution is 6.28. The molecule has 2 heterocycles. The number of carbonyl (C=O) groups is 1. The van der Waals surface area contributed by atoms with Crippen molar-refractivity contribution in [2.45, 2.75) is 0 Å². The first-order valence-corrected chi connectivity index (χ1v) is 7.16. The van der Waals surface area contributed by atoms with E-state index < -0.39 is 0 Å². The van der Waals surface area contributed by atoms with Crippen molar-refractivity contribution in [3.8, 4) is 12.3 Å². The van der Waals surface area contributed by atoms with Crippen molar-refractivity contribution in [2.75, 3.05) is 18.0 Å². The fraction of sp³-hybridized carbons (Fsp3) is 0.105. The van der Waals surface area contributed by atoms with E-state index in [2.05, 4.69) is 29.1 Å². The number of allylic oxidation sites excluding steroid dienone is 4. The molecule has 4 nitrogen and oxygen atoms in total. The van der Waals surface area contributed by atoms with Crippen molar-refractivity contribution in [3.63, 3.8) is 0 Å². The van der Waals surface area contributed by atoms with Crippen molar-refractivity contribution in [1.82, 2.24) is 0 Å². The second-order valence-electron chi connectivity index (χ2n) is 5.12. The van der Waals surface area contributed by atoms with E-state index in [4.69, 9.17) is 6.42 Å². The molecule has 0 radical (unpaired) electrons. The predicted octanol–water partition coefficient (Wildman–Crippen LogP) is 2.51. The second kappa shape index (κ2) is 5.90. The molecule has 1 aromatic rings. The molecule has 1 aromatic carbocycles. The number of benzene rings is 1. The SMILES string of the molecule is C#Cc1ccc2c(c1)C(C(=C)/C=C\C=C)=NCC1=NCC(=O)N12. The fourth-order valence-corrected chi connectivity index (χ4v) is 2.62. The van der Waals surface area contributed by atoms with Crippen molar-refractivity contribution in [1.29, 1.82) is 0 Å². The van der Waals surface area contributed by atoms with Crippen molar-refractivity contribution >= 4 is 23.1 Å². The molecule has 0 atom stereocenters. The van der Waals surface area contributed by atoms with Gasteiger partial charge in [0.1, 0.15) is 12.4 Å². The lowest BCUT2D eigenvalue weighted by atomic mass is 9.98. The van der Waals surface area contributed by atoms with Crippen LogP contribution < -0.4 is 4.90 Å². The summed E-state index contributed by atoms with van der Waals surface area (Å²) in [5.41, 5.74) is 3.70. The minimum absolute atomic E-state index is 0.0570. The van der Waals surface area contributed by atoms with E-state index in [1.807, 2.05) is 24.3 Å². The number of nitrogens with zero attached hydrogens (tertiary/aromatic N) is 3. The number of fused-ring (bicyclic) bond motifs is 3. The van der Waals surface area contributed by atoms with Crippen LogP contribution in [0.25, 0.3) is 0 Å². The predicted molar refractivity (Wildman–Crippen MR) is 94.0 cm³/mol. The zero-order valence-corrected chi connectivity index (χ0v) is 12.6. The normalized spacial score (nSPS) is 16.1. The molecule has 3 rings (SSSR count). The third-order valence-electron chi connectivity index (χ3n) is 3.68. The highest BCUT2D eigenvalue weighted by atomic mass is 16.2. The molecule has 0 saturated heterocycles. The van der Waals surface area contributed by atoms with Gasteiger partial charge in [-0.1, -0.05) is 37.3 Å². The molecule has 0 N–H and O–H groups in total. The second-order valence-corrected chi connectivity index (χ2v) is 5.12. The maximum atomic E-state index is 12.2. The highest BCUT2D eigenvalue weighted by Crippen LogP contribution is 2.30. The van der Waals surface area contributed by atoms with Crippen LogP contribution in [0.3, 0.4) is 0 Å². The van der Waals surface area contributed by atoms with Gasteiger partial charge in [0, 0.05) is 11.1 Å². The van der Waals surface area contributed by atoms with Crippen LogP contribution in [-0.2, 0) is 4.79 Å². The van der Waals surface area contributed by atoms with E-state index in [0.29, 0.717) is 18.1 Å². The molecule has 112 valence electrons. The highest BCUT2D eigenvalue weighted by Gasteiger charge is 2.31. The Morgan fingerprint density at radius 1 is 1.35 bits per heavy atom. The van der Waals surface area contributed by atoms with E-state index in [9.17, 15) is 4.79 Å². The molecule has 4 heteroatoms. The third kappa shape index (κ3) is 2.53. The third-order valence-corrected chi connectivity index (χ3v) is 3.68. The van der Waals surface area contributed by atoms with E-state index in [1.54, 1.807) is 17.1 Å². The van der Waals surface area contributed by atoms with Gasteiger partial charge < -0.3 is 0 Å². The summed E-state index contributed by atoms with van der Waals surface area (Å²) in [5, 5.41) is 0. The molecular formula is C19H15N3O. The number of aliphatic imine (C=N–C) groups is 2. The zero-order chi connectivity index (χ0) is 16.4. The average molecular weight is 301 g/mol. The lowest BCUT2D eigenvalue weighted by molar-refractivity contribution is -0.115. The minimum atomic E-state index is -0.0570. The van der Waals surface area contributed by atoms with Crippen LogP contribution in [0.4, 0.5) is 5.69 Å². The number of rotatable bonds is 3. The quantitative estimate of drug-likeness (QED) is 0.625. The van der Waals surface area contributed by atoms with Gasteiger partial charge in [0.15, 0.2) is 0 Å². The summed E-state index contributed by atoms with van der Waals surface area (Å²) in [5.74, 6) is 3.21. The van der Waals surface area contributed by atoms with Crippen LogP contribution in [0.2, 0.25) is 0 Å². The zero-order valence-electron chi connectivity index (χ0n) is 12.6. The number of amides is 1. The Kier molecular flexibility index (Phi) is 3.78. The van der Waals surface area contributed by atoms with Gasteiger partial charge in [-0.15, -0.1) is 6.42 Å². The summed E-state index contributed by atoms with van der Waals surface area (Å²) in [6, 6.07) is 5.51. The van der Waals surface area contributed by atoms with E-state index >= 15 is 0 Å². The van der Waals surface area contributed by atoms with Crippen LogP contribution in [0.5, 0.6) is 0 Å². The van der Waals surface area contributed by atoms with Gasteiger partial charge in [-0.05, 0) is 23.8 Å². The van der Waals surface area contributed by atoms with Gasteiger partial charge in [0.25, 0.3) is 5.91 Å². The number of anilines is 1. The summed E-state index contributed by atoms with van der Waals surface area (Å²) in [4.78, 5) is 22.7. The Labute approximate surface area is 135 Å². The lowest BCUT2D eigenvalue weighted by Gasteiger charge is -2.19. The van der Waals surface area contributed by atoms with Crippen molar-refractivity contribution in [2.24, 2.45) is 9.98 Å². The van der Waals surface area contributed by atoms with E-state index in [0.717, 1.165) is 22.4 Å². The molecule has 0 unspecified atom stereocenters. The summed E-state index contributed by atoms with van der Waals surface area (Å²) in [6.45, 7) is 8.22. The number of terminal acetylenes is 1. The molecule has 2 aliphatic rings. The topological polar surface area (TPSA) is 45.0 Å². The number of hydrogen-bond donors (Lipinski definition) is 0. The summed E-state index contributed by atoms with van der Waals surface area (Å²) < 4.78 is 0. The van der Waals surface area contributed by atoms with Crippen LogP contribution in [0.15, 0.2) is 65.1 Å². The molecule has 0 bridgehead atoms. The first-order valence-electron chi connectivity index (χ1n) is 7.16. The Hall–Kier alpha value is -3.19. The number of carbonyl (C=O) groups excluding carboxylic acids is 1. The largest absolute Gasteiger partial charge is 0.276 e. The first-order chi connectivity index (χ1) is 11.2. The molecule has 0 aliphatic carbocycles. The standard InChI is InChI=1S/C19H15N3O/c1-4-6-7-13(3)19-15-10-14(5-2)8-9-16(15)22-17(11-21-19)20-12-18(22)23/h2,4,6-10H,1,3,11-12H2/b7-6-. The maximum Gasteiger partial charge on any atom is 0.254 e. The smallest absolute Gasteiger partial charge is 0.254 e. The first kappa shape index (κ1) is 14.7. The van der Waals surface area contributed by atoms with Gasteiger partial charge in [0.05, 0.1) is 17.9 Å². The Morgan fingerprint density at radius 2 is 2.17 bits per heavy atom. The van der Waals surface area contributed by atoms with Crippen molar-refractivity contribution < 1.29 is 4.79 Å². The number of hydrogen-bond acceptors (Lipinski definition) is 3. The fourth-order valence-electron chi connectivity index (χ4n) is 2.62. The summed E-state index contributed by atoms with van der Waals surface area (Å²) in [7, 11) is 0. The molecule has 0 aromatic heterocycles. The molecule has 23 heavy (non-hydrogen) atoms. The Morgan fingerprint density at radius 3 is 2.91 bits per heavy atom. The van der Waals surface area contributed by atoms with Gasteiger partial charge in [-0.3, -0.25) is 19.7 Å². The van der Waals surface area contributed by atoms with Crippen molar-refractivity contribution in [3.05, 3.63) is 66.3 Å². The van der Waals surface area contributed by atoms with Gasteiger partial charge in [-0.2, -0.15) is 0 Å². The monoisotopic (exact) mass is 301 g/mol. The van der Waals surface area contributed by atoms with E-state index in [1.165, 1.54) is 0 Å². The average Bonchev–Trinajstić information content (AvgIpc) is 2.84. The van der Waals surface area contributed by atoms with Gasteiger partial charge in [-0.25, -0.2) is 0 Å². The minimum Gasteiger partial charge on any atom is -0.276 e. The maximum absolute atomic E-state index is 12.2. The Balaban J connectivity index is 2.19.